The lowest BCUT2D eigenvalue weighted by Crippen LogP contribution is -2.16. The smallest absolute Gasteiger partial charge is 0.206 e. The fourth-order valence-electron chi connectivity index (χ4n) is 3.04. The molecule has 1 aromatic carbocycles. The van der Waals surface area contributed by atoms with E-state index >= 15 is 0 Å². The van der Waals surface area contributed by atoms with Gasteiger partial charge in [0.1, 0.15) is 0 Å². The summed E-state index contributed by atoms with van der Waals surface area (Å²) in [4.78, 5) is 0. The van der Waals surface area contributed by atoms with E-state index in [0.717, 1.165) is 0 Å². The number of benzene rings is 1. The van der Waals surface area contributed by atoms with Crippen molar-refractivity contribution in [2.45, 2.75) is 38.0 Å². The van der Waals surface area contributed by atoms with Crippen LogP contribution in [-0.2, 0) is 6.42 Å². The molecule has 1 aliphatic rings. The van der Waals surface area contributed by atoms with Gasteiger partial charge in [0.25, 0.3) is 0 Å². The van der Waals surface area contributed by atoms with Crippen molar-refractivity contribution >= 4 is 0 Å². The van der Waals surface area contributed by atoms with E-state index in [4.69, 9.17) is 0 Å². The topological polar surface area (TPSA) is 0 Å². The molecule has 1 aliphatic carbocycles. The van der Waals surface area contributed by atoms with Crippen LogP contribution >= 0.6 is 0 Å². The zero-order chi connectivity index (χ0) is 16.3. The first kappa shape index (κ1) is 16.7. The minimum Gasteiger partial charge on any atom is -0.206 e. The maximum Gasteiger partial charge on any atom is 0.301 e. The van der Waals surface area contributed by atoms with Crippen LogP contribution in [-0.4, -0.2) is 0 Å². The minimum absolute atomic E-state index is 0.212. The van der Waals surface area contributed by atoms with E-state index in [1.807, 2.05) is 0 Å². The number of allylic oxidation sites excluding steroid dienone is 2. The number of hydrogen-bond acceptors (Lipinski definition) is 0. The second-order valence-corrected chi connectivity index (χ2v) is 5.59. The van der Waals surface area contributed by atoms with Crippen molar-refractivity contribution in [3.05, 3.63) is 59.5 Å². The van der Waals surface area contributed by atoms with Gasteiger partial charge < -0.3 is 0 Å². The zero-order valence-corrected chi connectivity index (χ0v) is 12.0. The van der Waals surface area contributed by atoms with Gasteiger partial charge in [-0.3, -0.25) is 0 Å². The molecular formula is C17H17F5. The maximum absolute atomic E-state index is 14.1. The van der Waals surface area contributed by atoms with E-state index in [0.29, 0.717) is 12.8 Å². The molecule has 1 fully saturated rings. The summed E-state index contributed by atoms with van der Waals surface area (Å²) in [6, 6.07) is 3.05. The molecule has 0 saturated heterocycles. The van der Waals surface area contributed by atoms with Gasteiger partial charge in [-0.2, -0.15) is 8.78 Å². The largest absolute Gasteiger partial charge is 0.301 e. The Morgan fingerprint density at radius 1 is 1.05 bits per heavy atom. The average molecular weight is 316 g/mol. The van der Waals surface area contributed by atoms with Crippen LogP contribution in [0.15, 0.2) is 36.7 Å². The Hall–Kier alpha value is -1.65. The molecule has 1 saturated carbocycles. The van der Waals surface area contributed by atoms with Gasteiger partial charge in [0.2, 0.25) is 0 Å². The predicted octanol–water partition coefficient (Wildman–Crippen LogP) is 6.04. The lowest BCUT2D eigenvalue weighted by Gasteiger charge is -2.28. The second-order valence-electron chi connectivity index (χ2n) is 5.59. The van der Waals surface area contributed by atoms with E-state index in [-0.39, 0.29) is 36.3 Å². The highest BCUT2D eigenvalue weighted by atomic mass is 19.3. The third kappa shape index (κ3) is 3.39. The van der Waals surface area contributed by atoms with E-state index in [1.54, 1.807) is 0 Å². The Morgan fingerprint density at radius 2 is 1.68 bits per heavy atom. The van der Waals surface area contributed by atoms with Crippen molar-refractivity contribution in [1.29, 1.82) is 0 Å². The normalized spacial score (nSPS) is 21.5. The van der Waals surface area contributed by atoms with E-state index in [9.17, 15) is 22.0 Å². The van der Waals surface area contributed by atoms with Crippen molar-refractivity contribution in [2.75, 3.05) is 0 Å². The molecule has 0 amide bonds. The van der Waals surface area contributed by atoms with Crippen LogP contribution in [0.5, 0.6) is 0 Å². The van der Waals surface area contributed by atoms with Crippen molar-refractivity contribution < 1.29 is 22.0 Å². The first-order valence-corrected chi connectivity index (χ1v) is 7.24. The molecule has 0 bridgehead atoms. The van der Waals surface area contributed by atoms with Crippen molar-refractivity contribution in [3.8, 4) is 0 Å². The molecule has 0 heterocycles. The maximum atomic E-state index is 14.1. The van der Waals surface area contributed by atoms with Gasteiger partial charge in [0.05, 0.1) is 0 Å². The Labute approximate surface area is 126 Å². The van der Waals surface area contributed by atoms with Crippen molar-refractivity contribution in [2.24, 2.45) is 5.92 Å². The molecule has 0 nitrogen and oxygen atoms in total. The molecule has 5 heteroatoms. The third-order valence-corrected chi connectivity index (χ3v) is 4.26. The zero-order valence-electron chi connectivity index (χ0n) is 12.0. The van der Waals surface area contributed by atoms with Gasteiger partial charge in [0.15, 0.2) is 17.5 Å². The summed E-state index contributed by atoms with van der Waals surface area (Å²) in [5, 5.41) is 0. The molecule has 1 aromatic rings. The molecule has 0 N–H and O–H groups in total. The minimum atomic E-state index is -2.28. The lowest BCUT2D eigenvalue weighted by molar-refractivity contribution is 0.278. The molecule has 0 unspecified atom stereocenters. The summed E-state index contributed by atoms with van der Waals surface area (Å²) in [5.74, 6) is -4.23. The summed E-state index contributed by atoms with van der Waals surface area (Å²) in [7, 11) is 0. The second kappa shape index (κ2) is 7.07. The van der Waals surface area contributed by atoms with Crippen LogP contribution in [0.4, 0.5) is 22.0 Å². The molecule has 0 aliphatic heterocycles. The Bertz CT molecular complexity index is 579. The summed E-state index contributed by atoms with van der Waals surface area (Å²) in [5.41, 5.74) is 0.479. The van der Waals surface area contributed by atoms with E-state index in [2.05, 4.69) is 6.58 Å². The first-order valence-electron chi connectivity index (χ1n) is 7.24. The number of halogens is 5. The fourth-order valence-corrected chi connectivity index (χ4v) is 3.04. The van der Waals surface area contributed by atoms with Crippen LogP contribution in [0.3, 0.4) is 0 Å². The number of hydrogen-bond donors (Lipinski definition) is 0. The van der Waals surface area contributed by atoms with Crippen LogP contribution in [0.2, 0.25) is 0 Å². The highest BCUT2D eigenvalue weighted by Crippen LogP contribution is 2.41. The standard InChI is InChI=1S/C17H17F5/c1-2-3-11-8-9-13(16(20)14(11)18)10-4-6-12(7-5-10)15(19)17(21)22/h2,8-10,12H,1,3-7H2. The van der Waals surface area contributed by atoms with E-state index < -0.39 is 29.5 Å². The summed E-state index contributed by atoms with van der Waals surface area (Å²) in [6.45, 7) is 3.49. The number of rotatable bonds is 4. The molecule has 22 heavy (non-hydrogen) atoms. The van der Waals surface area contributed by atoms with Crippen LogP contribution in [0, 0.1) is 17.6 Å². The van der Waals surface area contributed by atoms with Gasteiger partial charge in [-0.05, 0) is 49.1 Å². The van der Waals surface area contributed by atoms with Gasteiger partial charge >= 0.3 is 6.08 Å². The summed E-state index contributed by atoms with van der Waals surface area (Å²) < 4.78 is 65.8. The quantitative estimate of drug-likeness (QED) is 0.469. The SMILES string of the molecule is C=CCc1ccc(C2CCC(C(F)=C(F)F)CC2)c(F)c1F. The van der Waals surface area contributed by atoms with Gasteiger partial charge in [-0.1, -0.05) is 18.2 Å². The van der Waals surface area contributed by atoms with Crippen LogP contribution in [0.1, 0.15) is 42.7 Å². The summed E-state index contributed by atoms with van der Waals surface area (Å²) >= 11 is 0. The molecule has 0 atom stereocenters. The Balaban J connectivity index is 2.13. The highest BCUT2D eigenvalue weighted by Gasteiger charge is 2.29. The van der Waals surface area contributed by atoms with Crippen LogP contribution in [0.25, 0.3) is 0 Å². The molecule has 0 radical (unpaired) electrons. The van der Waals surface area contributed by atoms with Gasteiger partial charge in [-0.25, -0.2) is 13.2 Å². The Kier molecular flexibility index (Phi) is 5.37. The molecule has 0 aromatic heterocycles. The molecule has 2 rings (SSSR count). The lowest BCUT2D eigenvalue weighted by atomic mass is 9.78. The van der Waals surface area contributed by atoms with Gasteiger partial charge in [0, 0.05) is 5.92 Å². The van der Waals surface area contributed by atoms with Crippen LogP contribution < -0.4 is 0 Å². The van der Waals surface area contributed by atoms with Crippen molar-refractivity contribution in [3.63, 3.8) is 0 Å². The first-order chi connectivity index (χ1) is 10.5. The summed E-state index contributed by atoms with van der Waals surface area (Å²) in [6.07, 6.45) is 0.595. The van der Waals surface area contributed by atoms with E-state index in [1.165, 1.54) is 18.2 Å². The molecule has 0 spiro atoms. The molecular weight excluding hydrogens is 299 g/mol. The predicted molar refractivity (Wildman–Crippen MR) is 75.3 cm³/mol. The fraction of sp³-hybridized carbons (Fsp3) is 0.412. The van der Waals surface area contributed by atoms with Crippen molar-refractivity contribution in [1.82, 2.24) is 0 Å². The molecule has 120 valence electrons. The highest BCUT2D eigenvalue weighted by molar-refractivity contribution is 5.30. The Morgan fingerprint density at radius 3 is 2.23 bits per heavy atom. The monoisotopic (exact) mass is 316 g/mol. The van der Waals surface area contributed by atoms with Gasteiger partial charge in [-0.15, -0.1) is 6.58 Å². The third-order valence-electron chi connectivity index (χ3n) is 4.26. The average Bonchev–Trinajstić information content (AvgIpc) is 2.52.